The lowest BCUT2D eigenvalue weighted by molar-refractivity contribution is -0.0214. The second-order valence-electron chi connectivity index (χ2n) is 6.80. The summed E-state index contributed by atoms with van der Waals surface area (Å²) in [5.41, 5.74) is 1.88. The first-order valence-corrected chi connectivity index (χ1v) is 7.95. The Hall–Kier alpha value is -0.530. The largest absolute Gasteiger partial charge is 0.316 e. The summed E-state index contributed by atoms with van der Waals surface area (Å²) in [6.45, 7) is 6.99. The molecule has 1 aliphatic heterocycles. The van der Waals surface area contributed by atoms with Gasteiger partial charge in [0.05, 0.1) is 0 Å². The number of hydrogen-bond acceptors (Lipinski definition) is 1. The molecule has 2 aliphatic rings. The van der Waals surface area contributed by atoms with Gasteiger partial charge in [-0.15, -0.1) is 0 Å². The predicted octanol–water partition coefficient (Wildman–Crippen LogP) is 4.47. The first kappa shape index (κ1) is 13.5. The van der Waals surface area contributed by atoms with Crippen LogP contribution in [0.3, 0.4) is 0 Å². The highest BCUT2D eigenvalue weighted by atomic mass is 35.5. The van der Waals surface area contributed by atoms with Crippen LogP contribution in [0.15, 0.2) is 24.3 Å². The van der Waals surface area contributed by atoms with Gasteiger partial charge >= 0.3 is 0 Å². The maximum atomic E-state index is 6.44. The van der Waals surface area contributed by atoms with E-state index >= 15 is 0 Å². The lowest BCUT2D eigenvalue weighted by Crippen LogP contribution is -2.52. The third-order valence-corrected chi connectivity index (χ3v) is 5.79. The Morgan fingerprint density at radius 3 is 2.68 bits per heavy atom. The maximum absolute atomic E-state index is 6.44. The molecular weight excluding hydrogens is 254 g/mol. The summed E-state index contributed by atoms with van der Waals surface area (Å²) in [6, 6.07) is 8.43. The first-order valence-electron chi connectivity index (χ1n) is 7.57. The minimum atomic E-state index is 0.519. The minimum absolute atomic E-state index is 0.519. The predicted molar refractivity (Wildman–Crippen MR) is 81.7 cm³/mol. The van der Waals surface area contributed by atoms with Crippen molar-refractivity contribution in [3.8, 4) is 0 Å². The lowest BCUT2D eigenvalue weighted by atomic mass is 9.50. The lowest BCUT2D eigenvalue weighted by Gasteiger charge is -2.56. The Labute approximate surface area is 121 Å². The number of halogens is 1. The van der Waals surface area contributed by atoms with Gasteiger partial charge in [0.15, 0.2) is 0 Å². The van der Waals surface area contributed by atoms with Crippen molar-refractivity contribution in [2.45, 2.75) is 39.0 Å². The van der Waals surface area contributed by atoms with E-state index in [1.54, 1.807) is 0 Å². The molecule has 1 spiro atoms. The van der Waals surface area contributed by atoms with Gasteiger partial charge in [0.1, 0.15) is 0 Å². The summed E-state index contributed by atoms with van der Waals surface area (Å²) >= 11 is 6.44. The van der Waals surface area contributed by atoms with E-state index < -0.39 is 0 Å². The van der Waals surface area contributed by atoms with E-state index in [1.165, 1.54) is 31.4 Å². The van der Waals surface area contributed by atoms with Crippen LogP contribution in [0.25, 0.3) is 0 Å². The minimum Gasteiger partial charge on any atom is -0.316 e. The molecule has 0 radical (unpaired) electrons. The Morgan fingerprint density at radius 1 is 1.26 bits per heavy atom. The van der Waals surface area contributed by atoms with Crippen molar-refractivity contribution in [2.24, 2.45) is 17.3 Å². The van der Waals surface area contributed by atoms with Crippen LogP contribution in [-0.4, -0.2) is 13.1 Å². The van der Waals surface area contributed by atoms with Gasteiger partial charge in [0.25, 0.3) is 0 Å². The normalized spacial score (nSPS) is 34.5. The molecule has 1 aromatic rings. The Bertz CT molecular complexity index is 448. The molecule has 1 heterocycles. The number of rotatable bonds is 2. The Morgan fingerprint density at radius 2 is 2.00 bits per heavy atom. The average molecular weight is 278 g/mol. The molecule has 1 unspecified atom stereocenters. The highest BCUT2D eigenvalue weighted by molar-refractivity contribution is 6.31. The fraction of sp³-hybridized carbons (Fsp3) is 0.647. The van der Waals surface area contributed by atoms with Crippen LogP contribution in [-0.2, 0) is 0 Å². The fourth-order valence-corrected chi connectivity index (χ4v) is 4.38. The third kappa shape index (κ3) is 2.32. The second-order valence-corrected chi connectivity index (χ2v) is 7.21. The van der Waals surface area contributed by atoms with Gasteiger partial charge in [-0.1, -0.05) is 43.6 Å². The standard InChI is InChI=1S/C17H24ClN/c1-12(2)13-9-17(10-13)7-8-19-11-15(17)14-5-3-4-6-16(14)18/h3-6,12-13,15,19H,7-11H2,1-2H3. The number of piperidine rings is 1. The van der Waals surface area contributed by atoms with Crippen molar-refractivity contribution in [1.82, 2.24) is 5.32 Å². The zero-order chi connectivity index (χ0) is 13.5. The van der Waals surface area contributed by atoms with Crippen LogP contribution >= 0.6 is 11.6 Å². The summed E-state index contributed by atoms with van der Waals surface area (Å²) in [6.07, 6.45) is 4.09. The van der Waals surface area contributed by atoms with E-state index in [-0.39, 0.29) is 0 Å². The van der Waals surface area contributed by atoms with Crippen LogP contribution in [0.1, 0.15) is 44.6 Å². The van der Waals surface area contributed by atoms with Crippen LogP contribution in [0, 0.1) is 17.3 Å². The van der Waals surface area contributed by atoms with Crippen molar-refractivity contribution < 1.29 is 0 Å². The summed E-state index contributed by atoms with van der Waals surface area (Å²) in [5, 5.41) is 4.52. The van der Waals surface area contributed by atoms with E-state index in [2.05, 4.69) is 31.3 Å². The zero-order valence-corrected chi connectivity index (χ0v) is 12.7. The van der Waals surface area contributed by atoms with E-state index in [9.17, 15) is 0 Å². The number of hydrogen-bond donors (Lipinski definition) is 1. The Balaban J connectivity index is 1.85. The molecule has 1 nitrogen and oxygen atoms in total. The number of nitrogens with one attached hydrogen (secondary N) is 1. The molecule has 2 heteroatoms. The van der Waals surface area contributed by atoms with Crippen molar-refractivity contribution in [3.05, 3.63) is 34.9 Å². The summed E-state index contributed by atoms with van der Waals surface area (Å²) in [4.78, 5) is 0. The molecule has 1 aromatic carbocycles. The quantitative estimate of drug-likeness (QED) is 0.841. The molecule has 1 N–H and O–H groups in total. The van der Waals surface area contributed by atoms with Gasteiger partial charge in [-0.25, -0.2) is 0 Å². The maximum Gasteiger partial charge on any atom is 0.0441 e. The Kier molecular flexibility index (Phi) is 3.61. The SMILES string of the molecule is CC(C)C1CC2(CCNCC2c2ccccc2Cl)C1. The molecule has 104 valence electrons. The van der Waals surface area contributed by atoms with Gasteiger partial charge in [-0.3, -0.25) is 0 Å². The molecule has 0 aromatic heterocycles. The van der Waals surface area contributed by atoms with Crippen LogP contribution < -0.4 is 5.32 Å². The first-order chi connectivity index (χ1) is 9.12. The van der Waals surface area contributed by atoms with E-state index in [4.69, 9.17) is 11.6 Å². The van der Waals surface area contributed by atoms with Gasteiger partial charge in [0.2, 0.25) is 0 Å². The molecule has 1 aliphatic carbocycles. The molecule has 2 fully saturated rings. The molecule has 1 atom stereocenters. The third-order valence-electron chi connectivity index (χ3n) is 5.45. The van der Waals surface area contributed by atoms with Crippen molar-refractivity contribution >= 4 is 11.6 Å². The van der Waals surface area contributed by atoms with E-state index in [0.717, 1.165) is 23.4 Å². The second kappa shape index (κ2) is 5.10. The summed E-state index contributed by atoms with van der Waals surface area (Å²) < 4.78 is 0. The molecule has 1 saturated heterocycles. The molecule has 19 heavy (non-hydrogen) atoms. The monoisotopic (exact) mass is 277 g/mol. The molecule has 0 bridgehead atoms. The smallest absolute Gasteiger partial charge is 0.0441 e. The highest BCUT2D eigenvalue weighted by Gasteiger charge is 2.51. The van der Waals surface area contributed by atoms with Crippen molar-refractivity contribution in [1.29, 1.82) is 0 Å². The van der Waals surface area contributed by atoms with Crippen molar-refractivity contribution in [2.75, 3.05) is 13.1 Å². The zero-order valence-electron chi connectivity index (χ0n) is 12.0. The van der Waals surface area contributed by atoms with E-state index in [0.29, 0.717) is 11.3 Å². The fourth-order valence-electron chi connectivity index (χ4n) is 4.12. The number of benzene rings is 1. The van der Waals surface area contributed by atoms with Crippen LogP contribution in [0.5, 0.6) is 0 Å². The van der Waals surface area contributed by atoms with Crippen molar-refractivity contribution in [3.63, 3.8) is 0 Å². The average Bonchev–Trinajstić information content (AvgIpc) is 2.36. The molecule has 3 rings (SSSR count). The van der Waals surface area contributed by atoms with Gasteiger partial charge in [0, 0.05) is 17.5 Å². The van der Waals surface area contributed by atoms with Crippen LogP contribution in [0.2, 0.25) is 5.02 Å². The van der Waals surface area contributed by atoms with Gasteiger partial charge < -0.3 is 5.32 Å². The van der Waals surface area contributed by atoms with Gasteiger partial charge in [-0.05, 0) is 54.7 Å². The topological polar surface area (TPSA) is 12.0 Å². The summed E-state index contributed by atoms with van der Waals surface area (Å²) in [7, 11) is 0. The summed E-state index contributed by atoms with van der Waals surface area (Å²) in [5.74, 6) is 2.35. The highest BCUT2D eigenvalue weighted by Crippen LogP contribution is 2.60. The molecule has 1 saturated carbocycles. The van der Waals surface area contributed by atoms with Crippen LogP contribution in [0.4, 0.5) is 0 Å². The van der Waals surface area contributed by atoms with E-state index in [1.807, 2.05) is 12.1 Å². The molecular formula is C17H24ClN. The molecule has 0 amide bonds. The van der Waals surface area contributed by atoms with Gasteiger partial charge in [-0.2, -0.15) is 0 Å².